The van der Waals surface area contributed by atoms with Gasteiger partial charge in [-0.15, -0.1) is 0 Å². The Morgan fingerprint density at radius 1 is 1.25 bits per heavy atom. The van der Waals surface area contributed by atoms with Crippen molar-refractivity contribution in [2.75, 3.05) is 0 Å². The van der Waals surface area contributed by atoms with E-state index in [0.29, 0.717) is 5.56 Å². The Balaban J connectivity index is 2.10. The summed E-state index contributed by atoms with van der Waals surface area (Å²) in [6.07, 6.45) is 0. The van der Waals surface area contributed by atoms with Crippen LogP contribution in [0.3, 0.4) is 0 Å². The number of rotatable bonds is 3. The molecule has 2 aromatic carbocycles. The number of amides is 1. The zero-order valence-electron chi connectivity index (χ0n) is 10.7. The molecule has 0 saturated heterocycles. The average Bonchev–Trinajstić information content (AvgIpc) is 2.42. The van der Waals surface area contributed by atoms with Crippen molar-refractivity contribution in [3.8, 4) is 5.75 Å². The van der Waals surface area contributed by atoms with Crippen LogP contribution >= 0.6 is 11.6 Å². The van der Waals surface area contributed by atoms with Gasteiger partial charge in [-0.05, 0) is 42.8 Å². The van der Waals surface area contributed by atoms with E-state index in [-0.39, 0.29) is 28.5 Å². The van der Waals surface area contributed by atoms with Gasteiger partial charge in [-0.2, -0.15) is 0 Å². The number of benzene rings is 2. The predicted octanol–water partition coefficient (Wildman–Crippen LogP) is 3.68. The third-order valence-corrected chi connectivity index (χ3v) is 3.23. The number of aromatic hydroxyl groups is 1. The van der Waals surface area contributed by atoms with Crippen LogP contribution in [0.2, 0.25) is 5.02 Å². The number of phenols is 1. The summed E-state index contributed by atoms with van der Waals surface area (Å²) in [6, 6.07) is 9.88. The van der Waals surface area contributed by atoms with Crippen LogP contribution in [0.5, 0.6) is 5.75 Å². The summed E-state index contributed by atoms with van der Waals surface area (Å²) in [6.45, 7) is 1.80. The normalized spacial score (nSPS) is 11.9. The van der Waals surface area contributed by atoms with Gasteiger partial charge >= 0.3 is 0 Å². The van der Waals surface area contributed by atoms with Crippen LogP contribution in [0, 0.1) is 5.82 Å². The van der Waals surface area contributed by atoms with E-state index in [0.717, 1.165) is 5.56 Å². The molecular weight excluding hydrogens is 281 g/mol. The minimum absolute atomic E-state index is 0.0743. The molecule has 1 amide bonds. The van der Waals surface area contributed by atoms with Gasteiger partial charge in [0.15, 0.2) is 0 Å². The number of carbonyl (C=O) groups excluding carboxylic acids is 1. The van der Waals surface area contributed by atoms with E-state index in [4.69, 9.17) is 11.6 Å². The van der Waals surface area contributed by atoms with Crippen molar-refractivity contribution in [2.45, 2.75) is 13.0 Å². The molecule has 20 heavy (non-hydrogen) atoms. The molecule has 0 fully saturated rings. The Labute approximate surface area is 121 Å². The van der Waals surface area contributed by atoms with Crippen LogP contribution in [-0.4, -0.2) is 11.0 Å². The maximum Gasteiger partial charge on any atom is 0.251 e. The van der Waals surface area contributed by atoms with Crippen LogP contribution in [-0.2, 0) is 0 Å². The Morgan fingerprint density at radius 3 is 2.50 bits per heavy atom. The maximum atomic E-state index is 12.8. The van der Waals surface area contributed by atoms with Gasteiger partial charge in [-0.25, -0.2) is 4.39 Å². The molecule has 2 N–H and O–H groups in total. The topological polar surface area (TPSA) is 49.3 Å². The van der Waals surface area contributed by atoms with E-state index in [1.54, 1.807) is 19.1 Å². The molecular formula is C15H13ClFNO2. The largest absolute Gasteiger partial charge is 0.506 e. The Bertz CT molecular complexity index is 628. The quantitative estimate of drug-likeness (QED) is 0.907. The van der Waals surface area contributed by atoms with Crippen molar-refractivity contribution in [2.24, 2.45) is 0 Å². The highest BCUT2D eigenvalue weighted by Crippen LogP contribution is 2.24. The fraction of sp³-hybridized carbons (Fsp3) is 0.133. The highest BCUT2D eigenvalue weighted by Gasteiger charge is 2.12. The second kappa shape index (κ2) is 5.92. The molecule has 2 aromatic rings. The van der Waals surface area contributed by atoms with Gasteiger partial charge in [0.25, 0.3) is 5.91 Å². The molecule has 2 rings (SSSR count). The van der Waals surface area contributed by atoms with E-state index in [1.165, 1.54) is 30.3 Å². The first kappa shape index (κ1) is 14.3. The Hall–Kier alpha value is -2.07. The van der Waals surface area contributed by atoms with Crippen LogP contribution in [0.1, 0.15) is 28.9 Å². The number of halogens is 2. The molecule has 3 nitrogen and oxygen atoms in total. The summed E-state index contributed by atoms with van der Waals surface area (Å²) >= 11 is 5.76. The number of phenolic OH excluding ortho intramolecular Hbond substituents is 1. The molecule has 5 heteroatoms. The lowest BCUT2D eigenvalue weighted by Crippen LogP contribution is -2.26. The minimum Gasteiger partial charge on any atom is -0.506 e. The van der Waals surface area contributed by atoms with Gasteiger partial charge in [-0.1, -0.05) is 23.7 Å². The molecule has 0 aliphatic carbocycles. The van der Waals surface area contributed by atoms with Gasteiger partial charge in [0.2, 0.25) is 0 Å². The molecule has 0 saturated carbocycles. The molecule has 0 bridgehead atoms. The summed E-state index contributed by atoms with van der Waals surface area (Å²) in [7, 11) is 0. The summed E-state index contributed by atoms with van der Waals surface area (Å²) in [4.78, 5) is 12.0. The van der Waals surface area contributed by atoms with Crippen LogP contribution in [0.15, 0.2) is 42.5 Å². The predicted molar refractivity (Wildman–Crippen MR) is 75.4 cm³/mol. The van der Waals surface area contributed by atoms with Crippen molar-refractivity contribution in [3.63, 3.8) is 0 Å². The number of carbonyl (C=O) groups is 1. The summed E-state index contributed by atoms with van der Waals surface area (Å²) < 4.78 is 12.8. The number of nitrogens with one attached hydrogen (secondary N) is 1. The smallest absolute Gasteiger partial charge is 0.251 e. The van der Waals surface area contributed by atoms with E-state index in [2.05, 4.69) is 5.32 Å². The van der Waals surface area contributed by atoms with Crippen molar-refractivity contribution in [1.82, 2.24) is 5.32 Å². The maximum absolute atomic E-state index is 12.8. The average molecular weight is 294 g/mol. The van der Waals surface area contributed by atoms with Gasteiger partial charge < -0.3 is 10.4 Å². The first-order valence-electron chi connectivity index (χ1n) is 6.02. The van der Waals surface area contributed by atoms with E-state index < -0.39 is 0 Å². The molecule has 0 radical (unpaired) electrons. The highest BCUT2D eigenvalue weighted by molar-refractivity contribution is 6.32. The molecule has 0 heterocycles. The Kier molecular flexibility index (Phi) is 4.25. The standard InChI is InChI=1S/C15H13ClFNO2/c1-9(10-2-5-12(17)6-3-10)18-15(20)11-4-7-14(19)13(16)8-11/h2-9,19H,1H3,(H,18,20). The number of hydrogen-bond acceptors (Lipinski definition) is 2. The van der Waals surface area contributed by atoms with Crippen LogP contribution < -0.4 is 5.32 Å². The lowest BCUT2D eigenvalue weighted by atomic mass is 10.1. The zero-order chi connectivity index (χ0) is 14.7. The molecule has 1 unspecified atom stereocenters. The monoisotopic (exact) mass is 293 g/mol. The fourth-order valence-electron chi connectivity index (χ4n) is 1.76. The second-order valence-corrected chi connectivity index (χ2v) is 4.82. The third-order valence-electron chi connectivity index (χ3n) is 2.93. The molecule has 1 atom stereocenters. The second-order valence-electron chi connectivity index (χ2n) is 4.41. The van der Waals surface area contributed by atoms with Crippen LogP contribution in [0.4, 0.5) is 4.39 Å². The van der Waals surface area contributed by atoms with Crippen LogP contribution in [0.25, 0.3) is 0 Å². The van der Waals surface area contributed by atoms with E-state index in [1.807, 2.05) is 0 Å². The first-order valence-corrected chi connectivity index (χ1v) is 6.40. The number of hydrogen-bond donors (Lipinski definition) is 2. The summed E-state index contributed by atoms with van der Waals surface area (Å²) in [5.74, 6) is -0.712. The summed E-state index contributed by atoms with van der Waals surface area (Å²) in [5, 5.41) is 12.2. The lowest BCUT2D eigenvalue weighted by molar-refractivity contribution is 0.0940. The minimum atomic E-state index is -0.322. The van der Waals surface area contributed by atoms with E-state index in [9.17, 15) is 14.3 Å². The van der Waals surface area contributed by atoms with Gasteiger partial charge in [0, 0.05) is 5.56 Å². The van der Waals surface area contributed by atoms with Gasteiger partial charge in [0.1, 0.15) is 11.6 Å². The van der Waals surface area contributed by atoms with Crippen molar-refractivity contribution < 1.29 is 14.3 Å². The van der Waals surface area contributed by atoms with Crippen molar-refractivity contribution in [1.29, 1.82) is 0 Å². The SMILES string of the molecule is CC(NC(=O)c1ccc(O)c(Cl)c1)c1ccc(F)cc1. The Morgan fingerprint density at radius 2 is 1.90 bits per heavy atom. The molecule has 0 spiro atoms. The molecule has 0 aromatic heterocycles. The van der Waals surface area contributed by atoms with Crippen molar-refractivity contribution >= 4 is 17.5 Å². The lowest BCUT2D eigenvalue weighted by Gasteiger charge is -2.14. The first-order chi connectivity index (χ1) is 9.47. The highest BCUT2D eigenvalue weighted by atomic mass is 35.5. The third kappa shape index (κ3) is 3.27. The molecule has 0 aliphatic heterocycles. The van der Waals surface area contributed by atoms with Gasteiger partial charge in [0.05, 0.1) is 11.1 Å². The van der Waals surface area contributed by atoms with E-state index >= 15 is 0 Å². The molecule has 0 aliphatic rings. The van der Waals surface area contributed by atoms with Crippen molar-refractivity contribution in [3.05, 3.63) is 64.4 Å². The summed E-state index contributed by atoms with van der Waals surface area (Å²) in [5.41, 5.74) is 1.14. The zero-order valence-corrected chi connectivity index (χ0v) is 11.5. The molecule has 104 valence electrons. The van der Waals surface area contributed by atoms with Gasteiger partial charge in [-0.3, -0.25) is 4.79 Å². The fourth-order valence-corrected chi connectivity index (χ4v) is 1.94.